The summed E-state index contributed by atoms with van der Waals surface area (Å²) in [5.41, 5.74) is 1.27. The minimum Gasteiger partial charge on any atom is -0.481 e. The first-order valence-electron chi connectivity index (χ1n) is 6.77. The molecule has 1 N–H and O–H groups in total. The van der Waals surface area contributed by atoms with Crippen LogP contribution >= 0.6 is 0 Å². The fraction of sp³-hybridized carbons (Fsp3) is 0.500. The molecular weight excluding hydrogens is 254 g/mol. The number of aliphatic carboxylic acids is 1. The summed E-state index contributed by atoms with van der Waals surface area (Å²) >= 11 is 0. The first kappa shape index (κ1) is 16.2. The van der Waals surface area contributed by atoms with Crippen molar-refractivity contribution in [1.29, 1.82) is 0 Å². The number of anilines is 1. The third-order valence-corrected chi connectivity index (χ3v) is 3.42. The summed E-state index contributed by atoms with van der Waals surface area (Å²) in [5.74, 6) is -2.54. The lowest BCUT2D eigenvalue weighted by Gasteiger charge is -2.30. The predicted octanol–water partition coefficient (Wildman–Crippen LogP) is 2.96. The zero-order valence-corrected chi connectivity index (χ0v) is 12.8. The lowest BCUT2D eigenvalue weighted by atomic mass is 9.80. The van der Waals surface area contributed by atoms with Crippen molar-refractivity contribution in [2.45, 2.75) is 34.1 Å². The van der Waals surface area contributed by atoms with Crippen molar-refractivity contribution in [2.75, 3.05) is 11.9 Å². The van der Waals surface area contributed by atoms with E-state index >= 15 is 0 Å². The quantitative estimate of drug-likeness (QED) is 0.861. The van der Waals surface area contributed by atoms with E-state index in [0.29, 0.717) is 5.69 Å². The molecule has 1 unspecified atom stereocenters. The Morgan fingerprint density at radius 3 is 2.05 bits per heavy atom. The first-order valence-corrected chi connectivity index (χ1v) is 6.77. The number of carboxylic acids is 1. The second kappa shape index (κ2) is 6.07. The van der Waals surface area contributed by atoms with Crippen LogP contribution < -0.4 is 4.90 Å². The zero-order chi connectivity index (χ0) is 15.5. The number of aryl methyl sites for hydroxylation is 1. The highest BCUT2D eigenvalue weighted by atomic mass is 16.4. The summed E-state index contributed by atoms with van der Waals surface area (Å²) in [7, 11) is 1.62. The van der Waals surface area contributed by atoms with Crippen molar-refractivity contribution in [1.82, 2.24) is 0 Å². The molecule has 0 saturated carbocycles. The van der Waals surface area contributed by atoms with Crippen LogP contribution in [0.5, 0.6) is 0 Å². The summed E-state index contributed by atoms with van der Waals surface area (Å²) in [6.07, 6.45) is 0.928. The molecule has 110 valence electrons. The van der Waals surface area contributed by atoms with Gasteiger partial charge in [0.2, 0.25) is 5.91 Å². The van der Waals surface area contributed by atoms with Crippen molar-refractivity contribution in [3.05, 3.63) is 29.8 Å². The third-order valence-electron chi connectivity index (χ3n) is 3.42. The highest BCUT2D eigenvalue weighted by Gasteiger charge is 2.39. The maximum absolute atomic E-state index is 12.4. The van der Waals surface area contributed by atoms with Crippen LogP contribution in [-0.2, 0) is 16.0 Å². The van der Waals surface area contributed by atoms with Gasteiger partial charge >= 0.3 is 5.97 Å². The molecule has 1 aromatic rings. The van der Waals surface area contributed by atoms with E-state index in [-0.39, 0.29) is 0 Å². The topological polar surface area (TPSA) is 57.6 Å². The lowest BCUT2D eigenvalue weighted by molar-refractivity contribution is -0.150. The molecule has 0 fully saturated rings. The maximum atomic E-state index is 12.4. The number of rotatable bonds is 4. The molecular formula is C16H23NO3. The Balaban J connectivity index is 3.02. The Labute approximate surface area is 120 Å². The SMILES string of the molecule is CCc1ccc(N(C)C(=O)C(C(=O)O)C(C)(C)C)cc1. The van der Waals surface area contributed by atoms with Crippen LogP contribution in [-0.4, -0.2) is 24.0 Å². The molecule has 0 heterocycles. The first-order chi connectivity index (χ1) is 9.18. The Kier molecular flexibility index (Phi) is 4.93. The highest BCUT2D eigenvalue weighted by Crippen LogP contribution is 2.29. The van der Waals surface area contributed by atoms with Crippen LogP contribution in [0.1, 0.15) is 33.3 Å². The molecule has 0 aliphatic heterocycles. The monoisotopic (exact) mass is 277 g/mol. The number of carbonyl (C=O) groups is 2. The number of carbonyl (C=O) groups excluding carboxylic acids is 1. The number of carboxylic acid groups (broad SMARTS) is 1. The van der Waals surface area contributed by atoms with Gasteiger partial charge in [0.1, 0.15) is 5.92 Å². The van der Waals surface area contributed by atoms with Crippen LogP contribution in [0, 0.1) is 11.3 Å². The van der Waals surface area contributed by atoms with E-state index in [2.05, 4.69) is 6.92 Å². The molecule has 0 radical (unpaired) electrons. The van der Waals surface area contributed by atoms with Crippen LogP contribution in [0.3, 0.4) is 0 Å². The van der Waals surface area contributed by atoms with Gasteiger partial charge in [-0.25, -0.2) is 0 Å². The summed E-state index contributed by atoms with van der Waals surface area (Å²) in [6, 6.07) is 7.59. The van der Waals surface area contributed by atoms with E-state index in [1.165, 1.54) is 10.5 Å². The number of nitrogens with zero attached hydrogens (tertiary/aromatic N) is 1. The van der Waals surface area contributed by atoms with E-state index in [0.717, 1.165) is 6.42 Å². The van der Waals surface area contributed by atoms with E-state index in [9.17, 15) is 14.7 Å². The van der Waals surface area contributed by atoms with Crippen molar-refractivity contribution < 1.29 is 14.7 Å². The van der Waals surface area contributed by atoms with E-state index in [1.54, 1.807) is 27.8 Å². The van der Waals surface area contributed by atoms with Gasteiger partial charge < -0.3 is 10.0 Å². The maximum Gasteiger partial charge on any atom is 0.316 e. The molecule has 0 bridgehead atoms. The van der Waals surface area contributed by atoms with Gasteiger partial charge in [0.15, 0.2) is 0 Å². The minimum absolute atomic E-state index is 0.394. The fourth-order valence-electron chi connectivity index (χ4n) is 2.12. The summed E-state index contributed by atoms with van der Waals surface area (Å²) in [4.78, 5) is 25.2. The Morgan fingerprint density at radius 2 is 1.70 bits per heavy atom. The second-order valence-corrected chi connectivity index (χ2v) is 6.05. The van der Waals surface area contributed by atoms with Gasteiger partial charge in [0.05, 0.1) is 0 Å². The molecule has 0 aromatic heterocycles. The van der Waals surface area contributed by atoms with Crippen LogP contribution in [0.4, 0.5) is 5.69 Å². The Bertz CT molecular complexity index is 485. The third kappa shape index (κ3) is 3.59. The number of benzene rings is 1. The highest BCUT2D eigenvalue weighted by molar-refractivity contribution is 6.06. The standard InChI is InChI=1S/C16H23NO3/c1-6-11-7-9-12(10-8-11)17(5)14(18)13(15(19)20)16(2,3)4/h7-10,13H,6H2,1-5H3,(H,19,20). The summed E-state index contributed by atoms with van der Waals surface area (Å²) < 4.78 is 0. The smallest absolute Gasteiger partial charge is 0.316 e. The van der Waals surface area contributed by atoms with Crippen molar-refractivity contribution in [2.24, 2.45) is 11.3 Å². The molecule has 0 aliphatic carbocycles. The van der Waals surface area contributed by atoms with Gasteiger partial charge in [0, 0.05) is 12.7 Å². The van der Waals surface area contributed by atoms with Gasteiger partial charge in [-0.2, -0.15) is 0 Å². The van der Waals surface area contributed by atoms with Crippen molar-refractivity contribution in [3.63, 3.8) is 0 Å². The average Bonchev–Trinajstić information content (AvgIpc) is 2.35. The van der Waals surface area contributed by atoms with Gasteiger partial charge in [0.25, 0.3) is 0 Å². The molecule has 0 saturated heterocycles. The molecule has 4 nitrogen and oxygen atoms in total. The number of amides is 1. The number of hydrogen-bond donors (Lipinski definition) is 1. The second-order valence-electron chi connectivity index (χ2n) is 6.05. The zero-order valence-electron chi connectivity index (χ0n) is 12.8. The predicted molar refractivity (Wildman–Crippen MR) is 79.8 cm³/mol. The summed E-state index contributed by atoms with van der Waals surface area (Å²) in [6.45, 7) is 7.34. The molecule has 1 aromatic carbocycles. The van der Waals surface area contributed by atoms with Crippen LogP contribution in [0.2, 0.25) is 0 Å². The van der Waals surface area contributed by atoms with Gasteiger partial charge in [-0.3, -0.25) is 9.59 Å². The van der Waals surface area contributed by atoms with Crippen LogP contribution in [0.15, 0.2) is 24.3 Å². The molecule has 4 heteroatoms. The normalized spacial score (nSPS) is 12.8. The molecule has 0 aliphatic rings. The molecule has 0 spiro atoms. The van der Waals surface area contributed by atoms with E-state index < -0.39 is 23.2 Å². The Hall–Kier alpha value is -1.84. The largest absolute Gasteiger partial charge is 0.481 e. The minimum atomic E-state index is -1.08. The number of hydrogen-bond acceptors (Lipinski definition) is 2. The molecule has 1 rings (SSSR count). The van der Waals surface area contributed by atoms with E-state index in [1.807, 2.05) is 24.3 Å². The molecule has 1 atom stereocenters. The molecule has 20 heavy (non-hydrogen) atoms. The van der Waals surface area contributed by atoms with Crippen molar-refractivity contribution in [3.8, 4) is 0 Å². The van der Waals surface area contributed by atoms with Gasteiger partial charge in [-0.1, -0.05) is 39.8 Å². The average molecular weight is 277 g/mol. The van der Waals surface area contributed by atoms with Gasteiger partial charge in [-0.05, 0) is 29.5 Å². The lowest BCUT2D eigenvalue weighted by Crippen LogP contribution is -2.43. The van der Waals surface area contributed by atoms with Gasteiger partial charge in [-0.15, -0.1) is 0 Å². The van der Waals surface area contributed by atoms with Crippen molar-refractivity contribution >= 4 is 17.6 Å². The van der Waals surface area contributed by atoms with Crippen LogP contribution in [0.25, 0.3) is 0 Å². The fourth-order valence-corrected chi connectivity index (χ4v) is 2.12. The molecule has 1 amide bonds. The van der Waals surface area contributed by atoms with E-state index in [4.69, 9.17) is 0 Å². The Morgan fingerprint density at radius 1 is 1.20 bits per heavy atom. The summed E-state index contributed by atoms with van der Waals surface area (Å²) in [5, 5.41) is 9.31.